The minimum atomic E-state index is 0. The molecule has 0 atom stereocenters. The number of halogens is 1. The zero-order chi connectivity index (χ0) is 17.5. The summed E-state index contributed by atoms with van der Waals surface area (Å²) in [5.74, 6) is 1.35. The van der Waals surface area contributed by atoms with E-state index in [1.165, 1.54) is 32.1 Å². The molecule has 2 aliphatic heterocycles. The molecule has 1 saturated carbocycles. The van der Waals surface area contributed by atoms with Crippen molar-refractivity contribution in [2.24, 2.45) is 11.8 Å². The lowest BCUT2D eigenvalue weighted by Crippen LogP contribution is -2.45. The maximum absolute atomic E-state index is 12.5. The molecule has 3 rings (SSSR count). The lowest BCUT2D eigenvalue weighted by molar-refractivity contribution is -0.136. The van der Waals surface area contributed by atoms with Gasteiger partial charge in [0.25, 0.3) is 0 Å². The second-order valence-corrected chi connectivity index (χ2v) is 8.23. The first-order valence-corrected chi connectivity index (χ1v) is 10.5. The van der Waals surface area contributed by atoms with Crippen molar-refractivity contribution >= 4 is 24.2 Å². The third-order valence-electron chi connectivity index (χ3n) is 6.40. The molecule has 0 aromatic carbocycles. The number of carbonyl (C=O) groups is 2. The number of carbonyl (C=O) groups excluding carboxylic acids is 2. The Morgan fingerprint density at radius 1 is 0.923 bits per heavy atom. The molecule has 2 saturated heterocycles. The van der Waals surface area contributed by atoms with E-state index in [0.29, 0.717) is 24.3 Å². The second-order valence-electron chi connectivity index (χ2n) is 8.23. The maximum Gasteiger partial charge on any atom is 0.223 e. The molecule has 0 spiro atoms. The predicted octanol–water partition coefficient (Wildman–Crippen LogP) is 2.88. The number of likely N-dealkylation sites (tertiary alicyclic amines) is 1. The number of hydrogen-bond acceptors (Lipinski definition) is 3. The molecule has 5 nitrogen and oxygen atoms in total. The molecule has 2 heterocycles. The summed E-state index contributed by atoms with van der Waals surface area (Å²) in [6.07, 6.45) is 11.9. The number of nitrogens with one attached hydrogen (secondary N) is 2. The Labute approximate surface area is 164 Å². The Morgan fingerprint density at radius 2 is 1.58 bits per heavy atom. The van der Waals surface area contributed by atoms with Crippen LogP contribution in [0.15, 0.2) is 0 Å². The summed E-state index contributed by atoms with van der Waals surface area (Å²) < 4.78 is 0. The zero-order valence-electron chi connectivity index (χ0n) is 16.0. The van der Waals surface area contributed by atoms with E-state index in [9.17, 15) is 9.59 Å². The van der Waals surface area contributed by atoms with Crippen LogP contribution >= 0.6 is 12.4 Å². The number of piperidine rings is 2. The Morgan fingerprint density at radius 3 is 2.23 bits per heavy atom. The monoisotopic (exact) mass is 385 g/mol. The molecule has 3 fully saturated rings. The van der Waals surface area contributed by atoms with Crippen LogP contribution in [0.3, 0.4) is 0 Å². The van der Waals surface area contributed by atoms with Gasteiger partial charge in [-0.1, -0.05) is 19.3 Å². The molecular weight excluding hydrogens is 350 g/mol. The van der Waals surface area contributed by atoms with Crippen molar-refractivity contribution in [1.82, 2.24) is 15.5 Å². The minimum Gasteiger partial charge on any atom is -0.353 e. The second kappa shape index (κ2) is 11.1. The van der Waals surface area contributed by atoms with Crippen molar-refractivity contribution < 1.29 is 9.59 Å². The summed E-state index contributed by atoms with van der Waals surface area (Å²) in [6, 6.07) is 0.394. The SMILES string of the molecule is Cl.O=C(NC1CCCCC1)C1CCN(C(=O)CCC2CCNCC2)CC1. The van der Waals surface area contributed by atoms with Crippen molar-refractivity contribution in [1.29, 1.82) is 0 Å². The van der Waals surface area contributed by atoms with E-state index in [1.807, 2.05) is 4.90 Å². The zero-order valence-corrected chi connectivity index (χ0v) is 16.8. The average Bonchev–Trinajstić information content (AvgIpc) is 2.68. The summed E-state index contributed by atoms with van der Waals surface area (Å²) >= 11 is 0. The molecule has 0 aromatic rings. The summed E-state index contributed by atoms with van der Waals surface area (Å²) in [6.45, 7) is 3.71. The molecule has 2 amide bonds. The van der Waals surface area contributed by atoms with E-state index in [-0.39, 0.29) is 24.2 Å². The quantitative estimate of drug-likeness (QED) is 0.764. The van der Waals surface area contributed by atoms with Gasteiger partial charge in [0.05, 0.1) is 0 Å². The van der Waals surface area contributed by atoms with Gasteiger partial charge in [-0.15, -0.1) is 12.4 Å². The molecule has 26 heavy (non-hydrogen) atoms. The van der Waals surface area contributed by atoms with Crippen LogP contribution in [0, 0.1) is 11.8 Å². The fraction of sp³-hybridized carbons (Fsp3) is 0.900. The van der Waals surface area contributed by atoms with Crippen molar-refractivity contribution in [2.45, 2.75) is 76.7 Å². The van der Waals surface area contributed by atoms with Crippen LogP contribution in [-0.4, -0.2) is 48.9 Å². The summed E-state index contributed by atoms with van der Waals surface area (Å²) in [5, 5.41) is 6.63. The van der Waals surface area contributed by atoms with Crippen molar-refractivity contribution in [3.63, 3.8) is 0 Å². The van der Waals surface area contributed by atoms with Gasteiger partial charge < -0.3 is 15.5 Å². The Hall–Kier alpha value is -0.810. The van der Waals surface area contributed by atoms with E-state index >= 15 is 0 Å². The van der Waals surface area contributed by atoms with Crippen molar-refractivity contribution in [3.8, 4) is 0 Å². The van der Waals surface area contributed by atoms with Gasteiger partial charge in [-0.25, -0.2) is 0 Å². The first kappa shape index (κ1) is 21.5. The third-order valence-corrected chi connectivity index (χ3v) is 6.40. The van der Waals surface area contributed by atoms with E-state index in [0.717, 1.165) is 58.3 Å². The smallest absolute Gasteiger partial charge is 0.223 e. The Bertz CT molecular complexity index is 440. The predicted molar refractivity (Wildman–Crippen MR) is 106 cm³/mol. The first-order chi connectivity index (χ1) is 12.2. The topological polar surface area (TPSA) is 61.4 Å². The molecule has 0 radical (unpaired) electrons. The number of rotatable bonds is 5. The molecule has 0 bridgehead atoms. The number of hydrogen-bond donors (Lipinski definition) is 2. The van der Waals surface area contributed by atoms with Crippen LogP contribution in [0.1, 0.15) is 70.6 Å². The molecule has 2 N–H and O–H groups in total. The van der Waals surface area contributed by atoms with Crippen LogP contribution in [0.4, 0.5) is 0 Å². The van der Waals surface area contributed by atoms with E-state index in [2.05, 4.69) is 10.6 Å². The van der Waals surface area contributed by atoms with Crippen LogP contribution in [0.2, 0.25) is 0 Å². The van der Waals surface area contributed by atoms with E-state index in [1.54, 1.807) is 0 Å². The van der Waals surface area contributed by atoms with Crippen LogP contribution in [-0.2, 0) is 9.59 Å². The van der Waals surface area contributed by atoms with Gasteiger partial charge >= 0.3 is 0 Å². The van der Waals surface area contributed by atoms with Gasteiger partial charge in [0.2, 0.25) is 11.8 Å². The van der Waals surface area contributed by atoms with Crippen molar-refractivity contribution in [3.05, 3.63) is 0 Å². The normalized spacial score (nSPS) is 23.3. The number of nitrogens with zero attached hydrogens (tertiary/aromatic N) is 1. The first-order valence-electron chi connectivity index (χ1n) is 10.5. The number of amides is 2. The minimum absolute atomic E-state index is 0. The van der Waals surface area contributed by atoms with Crippen LogP contribution < -0.4 is 10.6 Å². The Balaban J connectivity index is 0.00000243. The van der Waals surface area contributed by atoms with Gasteiger partial charge in [-0.3, -0.25) is 9.59 Å². The largest absolute Gasteiger partial charge is 0.353 e. The van der Waals surface area contributed by atoms with Gasteiger partial charge in [0, 0.05) is 31.5 Å². The lowest BCUT2D eigenvalue weighted by atomic mass is 9.91. The summed E-state index contributed by atoms with van der Waals surface area (Å²) in [5.41, 5.74) is 0. The van der Waals surface area contributed by atoms with Crippen molar-refractivity contribution in [2.75, 3.05) is 26.2 Å². The fourth-order valence-electron chi connectivity index (χ4n) is 4.61. The highest BCUT2D eigenvalue weighted by Gasteiger charge is 2.29. The summed E-state index contributed by atoms with van der Waals surface area (Å²) in [4.78, 5) is 26.9. The van der Waals surface area contributed by atoms with Crippen LogP contribution in [0.5, 0.6) is 0 Å². The highest BCUT2D eigenvalue weighted by molar-refractivity contribution is 5.85. The van der Waals surface area contributed by atoms with Crippen LogP contribution in [0.25, 0.3) is 0 Å². The molecule has 150 valence electrons. The molecular formula is C20H36ClN3O2. The average molecular weight is 386 g/mol. The van der Waals surface area contributed by atoms with Gasteiger partial charge in [0.15, 0.2) is 0 Å². The molecule has 6 heteroatoms. The highest BCUT2D eigenvalue weighted by atomic mass is 35.5. The maximum atomic E-state index is 12.5. The lowest BCUT2D eigenvalue weighted by Gasteiger charge is -2.33. The summed E-state index contributed by atoms with van der Waals surface area (Å²) in [7, 11) is 0. The Kier molecular flexibility index (Phi) is 9.20. The molecule has 0 unspecified atom stereocenters. The van der Waals surface area contributed by atoms with E-state index < -0.39 is 0 Å². The fourth-order valence-corrected chi connectivity index (χ4v) is 4.61. The van der Waals surface area contributed by atoms with E-state index in [4.69, 9.17) is 0 Å². The molecule has 3 aliphatic rings. The molecule has 0 aromatic heterocycles. The highest BCUT2D eigenvalue weighted by Crippen LogP contribution is 2.23. The van der Waals surface area contributed by atoms with Gasteiger partial charge in [-0.2, -0.15) is 0 Å². The standard InChI is InChI=1S/C20H35N3O2.ClH/c24-19(7-6-16-8-12-21-13-9-16)23-14-10-17(11-15-23)20(25)22-18-4-2-1-3-5-18;/h16-18,21H,1-15H2,(H,22,25);1H. The molecule has 1 aliphatic carbocycles. The van der Waals surface area contributed by atoms with Gasteiger partial charge in [-0.05, 0) is 64.0 Å². The third kappa shape index (κ3) is 6.41. The van der Waals surface area contributed by atoms with Gasteiger partial charge in [0.1, 0.15) is 0 Å².